The minimum atomic E-state index is -1.98. The van der Waals surface area contributed by atoms with Gasteiger partial charge in [-0.25, -0.2) is 9.78 Å². The quantitative estimate of drug-likeness (QED) is 0.423. The molecule has 1 rings (SSSR count). The second kappa shape index (κ2) is 6.78. The van der Waals surface area contributed by atoms with Gasteiger partial charge >= 0.3 is 5.97 Å². The largest absolute Gasteiger partial charge is 0.481 e. The Kier molecular flexibility index (Phi) is 5.35. The lowest BCUT2D eigenvalue weighted by Crippen LogP contribution is -2.30. The van der Waals surface area contributed by atoms with Gasteiger partial charge in [0.15, 0.2) is 11.8 Å². The van der Waals surface area contributed by atoms with E-state index in [0.717, 1.165) is 6.07 Å². The summed E-state index contributed by atoms with van der Waals surface area (Å²) in [4.78, 5) is 25.1. The number of carbonyl (C=O) groups excluding carboxylic acids is 1. The van der Waals surface area contributed by atoms with Gasteiger partial charge in [0.1, 0.15) is 6.10 Å². The molecule has 0 fully saturated rings. The van der Waals surface area contributed by atoms with E-state index in [-0.39, 0.29) is 12.5 Å². The summed E-state index contributed by atoms with van der Waals surface area (Å²) in [6.07, 6.45) is -3.88. The van der Waals surface area contributed by atoms with E-state index >= 15 is 0 Å². The zero-order valence-electron chi connectivity index (χ0n) is 10.8. The number of carbonyl (C=O) groups is 1. The summed E-state index contributed by atoms with van der Waals surface area (Å²) in [7, 11) is 1.28. The summed E-state index contributed by atoms with van der Waals surface area (Å²) in [5.74, 6) is -1.10. The highest BCUT2D eigenvalue weighted by Crippen LogP contribution is 2.28. The summed E-state index contributed by atoms with van der Waals surface area (Å²) >= 11 is 0. The number of ether oxygens (including phenoxy) is 2. The third kappa shape index (κ3) is 3.39. The van der Waals surface area contributed by atoms with E-state index < -0.39 is 34.5 Å². The van der Waals surface area contributed by atoms with Crippen molar-refractivity contribution in [2.75, 3.05) is 13.7 Å². The third-order valence-corrected chi connectivity index (χ3v) is 2.39. The Balaban J connectivity index is 3.15. The highest BCUT2D eigenvalue weighted by Gasteiger charge is 2.33. The van der Waals surface area contributed by atoms with Crippen LogP contribution in [0.2, 0.25) is 0 Å². The molecule has 0 aliphatic carbocycles. The number of aliphatic hydroxyl groups excluding tert-OH is 2. The van der Waals surface area contributed by atoms with Gasteiger partial charge in [-0.2, -0.15) is 0 Å². The first-order valence-corrected chi connectivity index (χ1v) is 5.64. The van der Waals surface area contributed by atoms with Crippen LogP contribution in [0.4, 0.5) is 5.69 Å². The van der Waals surface area contributed by atoms with Crippen LogP contribution < -0.4 is 4.74 Å². The van der Waals surface area contributed by atoms with Gasteiger partial charge in [-0.3, -0.25) is 10.1 Å². The molecule has 2 unspecified atom stereocenters. The molecule has 0 aromatic carbocycles. The van der Waals surface area contributed by atoms with E-state index in [4.69, 9.17) is 4.74 Å². The number of pyridine rings is 1. The van der Waals surface area contributed by atoms with Crippen molar-refractivity contribution in [2.45, 2.75) is 19.1 Å². The number of nitrogens with zero attached hydrogens (tertiary/aromatic N) is 2. The smallest absolute Gasteiger partial charge is 0.338 e. The number of rotatable bonds is 6. The zero-order valence-corrected chi connectivity index (χ0v) is 10.8. The molecule has 9 nitrogen and oxygen atoms in total. The zero-order chi connectivity index (χ0) is 15.3. The minimum absolute atomic E-state index is 0.000656. The van der Waals surface area contributed by atoms with Crippen molar-refractivity contribution in [3.63, 3.8) is 0 Å². The van der Waals surface area contributed by atoms with Crippen LogP contribution in [0, 0.1) is 10.1 Å². The molecular formula is C11H14N2O7. The average molecular weight is 286 g/mol. The highest BCUT2D eigenvalue weighted by atomic mass is 16.6. The molecule has 0 aliphatic heterocycles. The van der Waals surface area contributed by atoms with Gasteiger partial charge in [0.25, 0.3) is 5.69 Å². The van der Waals surface area contributed by atoms with E-state index in [1.807, 2.05) is 0 Å². The predicted octanol–water partition coefficient (Wildman–Crippen LogP) is -0.0442. The van der Waals surface area contributed by atoms with Crippen molar-refractivity contribution >= 4 is 11.7 Å². The van der Waals surface area contributed by atoms with Crippen molar-refractivity contribution < 1.29 is 29.4 Å². The van der Waals surface area contributed by atoms with Crippen LogP contribution in [0.3, 0.4) is 0 Å². The Hall–Kier alpha value is -2.26. The van der Waals surface area contributed by atoms with E-state index in [0.29, 0.717) is 0 Å². The van der Waals surface area contributed by atoms with Crippen LogP contribution in [0.5, 0.6) is 5.88 Å². The Morgan fingerprint density at radius 1 is 1.50 bits per heavy atom. The van der Waals surface area contributed by atoms with Gasteiger partial charge in [0.05, 0.1) is 18.6 Å². The lowest BCUT2D eigenvalue weighted by Gasteiger charge is -2.16. The standard InChI is InChI=1S/C11H14N2O7/c1-3-20-11(16)10(15)9(14)8-6(13(17)18)4-5-7(12-8)19-2/h4-5,9-10,14-15H,3H2,1-2H3. The molecule has 0 saturated heterocycles. The average Bonchev–Trinajstić information content (AvgIpc) is 2.45. The van der Waals surface area contributed by atoms with Crippen LogP contribution >= 0.6 is 0 Å². The normalized spacial score (nSPS) is 13.4. The SMILES string of the molecule is CCOC(=O)C(O)C(O)c1nc(OC)ccc1[N+](=O)[O-]. The molecule has 1 aromatic heterocycles. The predicted molar refractivity (Wildman–Crippen MR) is 65.0 cm³/mol. The second-order valence-electron chi connectivity index (χ2n) is 3.66. The van der Waals surface area contributed by atoms with Crippen molar-refractivity contribution in [2.24, 2.45) is 0 Å². The summed E-state index contributed by atoms with van der Waals surface area (Å²) in [6.45, 7) is 1.51. The number of hydrogen-bond donors (Lipinski definition) is 2. The van der Waals surface area contributed by atoms with Crippen molar-refractivity contribution in [3.05, 3.63) is 27.9 Å². The highest BCUT2D eigenvalue weighted by molar-refractivity contribution is 5.75. The molecule has 0 spiro atoms. The van der Waals surface area contributed by atoms with Crippen molar-refractivity contribution in [3.8, 4) is 5.88 Å². The monoisotopic (exact) mass is 286 g/mol. The van der Waals surface area contributed by atoms with Crippen LogP contribution in [0.1, 0.15) is 18.7 Å². The molecular weight excluding hydrogens is 272 g/mol. The summed E-state index contributed by atoms with van der Waals surface area (Å²) in [6, 6.07) is 2.29. The van der Waals surface area contributed by atoms with Crippen molar-refractivity contribution in [1.82, 2.24) is 4.98 Å². The summed E-state index contributed by atoms with van der Waals surface area (Å²) in [5, 5.41) is 30.3. The number of hydrogen-bond acceptors (Lipinski definition) is 8. The number of nitro groups is 1. The fourth-order valence-corrected chi connectivity index (χ4v) is 1.44. The summed E-state index contributed by atoms with van der Waals surface area (Å²) in [5.41, 5.74) is -1.02. The van der Waals surface area contributed by atoms with Gasteiger partial charge in [0, 0.05) is 12.1 Å². The number of esters is 1. The first-order valence-electron chi connectivity index (χ1n) is 5.64. The minimum Gasteiger partial charge on any atom is -0.481 e. The number of aliphatic hydroxyl groups is 2. The Labute approximate surface area is 113 Å². The molecule has 20 heavy (non-hydrogen) atoms. The molecule has 0 amide bonds. The third-order valence-electron chi connectivity index (χ3n) is 2.39. The van der Waals surface area contributed by atoms with Gasteiger partial charge in [-0.05, 0) is 6.92 Å². The van der Waals surface area contributed by atoms with Gasteiger partial charge in [-0.15, -0.1) is 0 Å². The molecule has 0 aliphatic rings. The Bertz CT molecular complexity index is 506. The maximum Gasteiger partial charge on any atom is 0.338 e. The van der Waals surface area contributed by atoms with E-state index in [1.54, 1.807) is 0 Å². The lowest BCUT2D eigenvalue weighted by molar-refractivity contribution is -0.386. The molecule has 0 saturated carbocycles. The fourth-order valence-electron chi connectivity index (χ4n) is 1.44. The lowest BCUT2D eigenvalue weighted by atomic mass is 10.1. The van der Waals surface area contributed by atoms with Gasteiger partial charge < -0.3 is 19.7 Å². The fraction of sp³-hybridized carbons (Fsp3) is 0.455. The number of aromatic nitrogens is 1. The van der Waals surface area contributed by atoms with Gasteiger partial charge in [0.2, 0.25) is 5.88 Å². The molecule has 2 N–H and O–H groups in total. The first kappa shape index (κ1) is 15.8. The molecule has 9 heteroatoms. The van der Waals surface area contributed by atoms with Crippen LogP contribution in [0.25, 0.3) is 0 Å². The summed E-state index contributed by atoms with van der Waals surface area (Å²) < 4.78 is 9.31. The molecule has 1 aromatic rings. The molecule has 2 atom stereocenters. The van der Waals surface area contributed by atoms with E-state index in [2.05, 4.69) is 9.72 Å². The molecule has 0 bridgehead atoms. The van der Waals surface area contributed by atoms with E-state index in [9.17, 15) is 25.1 Å². The Morgan fingerprint density at radius 2 is 2.15 bits per heavy atom. The molecule has 110 valence electrons. The maximum atomic E-state index is 11.3. The van der Waals surface area contributed by atoms with Crippen LogP contribution in [0.15, 0.2) is 12.1 Å². The second-order valence-corrected chi connectivity index (χ2v) is 3.66. The molecule has 1 heterocycles. The Morgan fingerprint density at radius 3 is 2.65 bits per heavy atom. The number of methoxy groups -OCH3 is 1. The van der Waals surface area contributed by atoms with Crippen molar-refractivity contribution in [1.29, 1.82) is 0 Å². The maximum absolute atomic E-state index is 11.3. The topological polar surface area (TPSA) is 132 Å². The first-order chi connectivity index (χ1) is 9.42. The van der Waals surface area contributed by atoms with E-state index in [1.165, 1.54) is 20.1 Å². The van der Waals surface area contributed by atoms with Crippen LogP contribution in [-0.2, 0) is 9.53 Å². The molecule has 0 radical (unpaired) electrons. The van der Waals surface area contributed by atoms with Crippen LogP contribution in [-0.4, -0.2) is 45.9 Å². The van der Waals surface area contributed by atoms with Gasteiger partial charge in [-0.1, -0.05) is 0 Å².